The molecule has 0 N–H and O–H groups in total. The molecule has 0 aromatic carbocycles. The number of ketones is 1. The summed E-state index contributed by atoms with van der Waals surface area (Å²) in [6.07, 6.45) is -0.0108. The average molecular weight is 202 g/mol. The van der Waals surface area contributed by atoms with Crippen molar-refractivity contribution < 1.29 is 19.1 Å². The molecule has 0 rings (SSSR count). The number of hydrogen-bond donors (Lipinski definition) is 0. The number of rotatable bonds is 6. The van der Waals surface area contributed by atoms with Crippen LogP contribution in [-0.4, -0.2) is 31.1 Å². The van der Waals surface area contributed by atoms with Crippen LogP contribution in [-0.2, 0) is 19.1 Å². The normalized spacial score (nSPS) is 10.7. The van der Waals surface area contributed by atoms with E-state index < -0.39 is 5.97 Å². The van der Waals surface area contributed by atoms with E-state index in [4.69, 9.17) is 9.47 Å². The van der Waals surface area contributed by atoms with E-state index in [1.807, 2.05) is 13.8 Å². The van der Waals surface area contributed by atoms with E-state index in [0.717, 1.165) is 0 Å². The van der Waals surface area contributed by atoms with E-state index in [0.29, 0.717) is 0 Å². The van der Waals surface area contributed by atoms with Crippen molar-refractivity contribution in [1.82, 2.24) is 0 Å². The molecule has 0 aromatic heterocycles. The van der Waals surface area contributed by atoms with Crippen LogP contribution in [0.2, 0.25) is 0 Å². The Kier molecular flexibility index (Phi) is 6.12. The standard InChI is InChI=1S/C10H18O4/c1-7(2)9(11)5-14-10(12)6-13-8(3)4/h7-8H,5-6H2,1-4H3. The Labute approximate surface area is 84.6 Å². The molecule has 0 heterocycles. The number of carbonyl (C=O) groups excluding carboxylic acids is 2. The highest BCUT2D eigenvalue weighted by atomic mass is 16.6. The van der Waals surface area contributed by atoms with Gasteiger partial charge in [0.2, 0.25) is 0 Å². The summed E-state index contributed by atoms with van der Waals surface area (Å²) in [6.45, 7) is 6.93. The van der Waals surface area contributed by atoms with E-state index in [-0.39, 0.29) is 31.0 Å². The van der Waals surface area contributed by atoms with E-state index >= 15 is 0 Å². The molecule has 0 saturated heterocycles. The minimum absolute atomic E-state index is 0.0108. The quantitative estimate of drug-likeness (QED) is 0.607. The third-order valence-corrected chi connectivity index (χ3v) is 1.55. The van der Waals surface area contributed by atoms with Crippen LogP contribution in [0.15, 0.2) is 0 Å². The number of esters is 1. The third kappa shape index (κ3) is 6.60. The Hall–Kier alpha value is -0.900. The monoisotopic (exact) mass is 202 g/mol. The van der Waals surface area contributed by atoms with Gasteiger partial charge in [-0.05, 0) is 13.8 Å². The van der Waals surface area contributed by atoms with Crippen LogP contribution in [0.25, 0.3) is 0 Å². The molecular weight excluding hydrogens is 184 g/mol. The SMILES string of the molecule is CC(C)OCC(=O)OCC(=O)C(C)C. The van der Waals surface area contributed by atoms with Gasteiger partial charge in [0.1, 0.15) is 13.2 Å². The zero-order chi connectivity index (χ0) is 11.1. The molecule has 0 fully saturated rings. The largest absolute Gasteiger partial charge is 0.456 e. The Morgan fingerprint density at radius 2 is 1.64 bits per heavy atom. The second-order valence-corrected chi connectivity index (χ2v) is 3.64. The minimum Gasteiger partial charge on any atom is -0.456 e. The number of hydrogen-bond acceptors (Lipinski definition) is 4. The number of Topliss-reactive ketones (excluding diaryl/α,β-unsaturated/α-hetero) is 1. The lowest BCUT2D eigenvalue weighted by atomic mass is 10.1. The zero-order valence-corrected chi connectivity index (χ0v) is 9.20. The molecule has 0 spiro atoms. The van der Waals surface area contributed by atoms with Crippen molar-refractivity contribution in [1.29, 1.82) is 0 Å². The maximum Gasteiger partial charge on any atom is 0.332 e. The minimum atomic E-state index is -0.493. The van der Waals surface area contributed by atoms with Gasteiger partial charge in [-0.3, -0.25) is 4.79 Å². The van der Waals surface area contributed by atoms with Gasteiger partial charge in [0.15, 0.2) is 5.78 Å². The molecule has 14 heavy (non-hydrogen) atoms. The Morgan fingerprint density at radius 3 is 2.07 bits per heavy atom. The van der Waals surface area contributed by atoms with Gasteiger partial charge in [-0.25, -0.2) is 4.79 Å². The molecule has 0 aromatic rings. The molecule has 0 aliphatic rings. The molecular formula is C10H18O4. The Bertz CT molecular complexity index is 196. The van der Waals surface area contributed by atoms with Gasteiger partial charge in [0.05, 0.1) is 6.10 Å². The van der Waals surface area contributed by atoms with Crippen LogP contribution in [0.4, 0.5) is 0 Å². The van der Waals surface area contributed by atoms with Crippen molar-refractivity contribution in [3.05, 3.63) is 0 Å². The molecule has 0 radical (unpaired) electrons. The first kappa shape index (κ1) is 13.1. The molecule has 82 valence electrons. The van der Waals surface area contributed by atoms with E-state index in [9.17, 15) is 9.59 Å². The van der Waals surface area contributed by atoms with Gasteiger partial charge in [-0.2, -0.15) is 0 Å². The predicted molar refractivity (Wildman–Crippen MR) is 51.9 cm³/mol. The first-order valence-corrected chi connectivity index (χ1v) is 4.73. The second kappa shape index (κ2) is 6.54. The maximum atomic E-state index is 11.1. The van der Waals surface area contributed by atoms with Crippen LogP contribution in [0, 0.1) is 5.92 Å². The molecule has 0 amide bonds. The summed E-state index contributed by atoms with van der Waals surface area (Å²) in [6, 6.07) is 0. The highest BCUT2D eigenvalue weighted by molar-refractivity contribution is 5.84. The third-order valence-electron chi connectivity index (χ3n) is 1.55. The fraction of sp³-hybridized carbons (Fsp3) is 0.800. The van der Waals surface area contributed by atoms with Crippen molar-refractivity contribution in [3.8, 4) is 0 Å². The summed E-state index contributed by atoms with van der Waals surface area (Å²) in [5, 5.41) is 0. The first-order valence-electron chi connectivity index (χ1n) is 4.73. The van der Waals surface area contributed by atoms with Gasteiger partial charge in [-0.15, -0.1) is 0 Å². The van der Waals surface area contributed by atoms with Gasteiger partial charge >= 0.3 is 5.97 Å². The highest BCUT2D eigenvalue weighted by Crippen LogP contribution is 1.95. The average Bonchev–Trinajstić information content (AvgIpc) is 2.10. The summed E-state index contributed by atoms with van der Waals surface area (Å²) < 4.78 is 9.71. The molecule has 0 unspecified atom stereocenters. The van der Waals surface area contributed by atoms with Crippen LogP contribution < -0.4 is 0 Å². The smallest absolute Gasteiger partial charge is 0.332 e. The summed E-state index contributed by atoms with van der Waals surface area (Å²) in [5.41, 5.74) is 0. The lowest BCUT2D eigenvalue weighted by Crippen LogP contribution is -2.22. The van der Waals surface area contributed by atoms with Crippen LogP contribution in [0.1, 0.15) is 27.7 Å². The zero-order valence-electron chi connectivity index (χ0n) is 9.20. The van der Waals surface area contributed by atoms with Crippen LogP contribution in [0.3, 0.4) is 0 Å². The van der Waals surface area contributed by atoms with Crippen molar-refractivity contribution in [2.45, 2.75) is 33.8 Å². The Morgan fingerprint density at radius 1 is 1.07 bits per heavy atom. The summed E-state index contributed by atoms with van der Waals surface area (Å²) in [7, 11) is 0. The predicted octanol–water partition coefficient (Wildman–Crippen LogP) is 1.18. The second-order valence-electron chi connectivity index (χ2n) is 3.64. The molecule has 0 aliphatic carbocycles. The molecule has 0 aliphatic heterocycles. The van der Waals surface area contributed by atoms with Crippen LogP contribution in [0.5, 0.6) is 0 Å². The summed E-state index contributed by atoms with van der Waals surface area (Å²) >= 11 is 0. The van der Waals surface area contributed by atoms with Gasteiger partial charge in [-0.1, -0.05) is 13.8 Å². The first-order chi connectivity index (χ1) is 6.43. The molecule has 4 heteroatoms. The fourth-order valence-corrected chi connectivity index (χ4v) is 0.595. The Balaban J connectivity index is 3.59. The molecule has 4 nitrogen and oxygen atoms in total. The lowest BCUT2D eigenvalue weighted by Gasteiger charge is -2.08. The number of ether oxygens (including phenoxy) is 2. The van der Waals surface area contributed by atoms with Crippen molar-refractivity contribution in [2.75, 3.05) is 13.2 Å². The van der Waals surface area contributed by atoms with Crippen molar-refractivity contribution in [3.63, 3.8) is 0 Å². The van der Waals surface area contributed by atoms with E-state index in [1.165, 1.54) is 0 Å². The summed E-state index contributed by atoms with van der Waals surface area (Å²) in [5.74, 6) is -0.676. The molecule has 0 bridgehead atoms. The van der Waals surface area contributed by atoms with E-state index in [1.54, 1.807) is 13.8 Å². The van der Waals surface area contributed by atoms with Crippen LogP contribution >= 0.6 is 0 Å². The number of carbonyl (C=O) groups is 2. The van der Waals surface area contributed by atoms with Gasteiger partial charge < -0.3 is 9.47 Å². The van der Waals surface area contributed by atoms with E-state index in [2.05, 4.69) is 0 Å². The van der Waals surface area contributed by atoms with Crippen molar-refractivity contribution in [2.24, 2.45) is 5.92 Å². The fourth-order valence-electron chi connectivity index (χ4n) is 0.595. The lowest BCUT2D eigenvalue weighted by molar-refractivity contribution is -0.154. The van der Waals surface area contributed by atoms with Gasteiger partial charge in [0, 0.05) is 5.92 Å². The molecule has 0 atom stereocenters. The van der Waals surface area contributed by atoms with Gasteiger partial charge in [0.25, 0.3) is 0 Å². The van der Waals surface area contributed by atoms with Crippen molar-refractivity contribution >= 4 is 11.8 Å². The topological polar surface area (TPSA) is 52.6 Å². The highest BCUT2D eigenvalue weighted by Gasteiger charge is 2.11. The molecule has 0 saturated carbocycles. The maximum absolute atomic E-state index is 11.1. The summed E-state index contributed by atoms with van der Waals surface area (Å²) in [4.78, 5) is 22.0.